The number of nitrogens with one attached hydrogen (secondary N) is 3. The normalized spacial score (nSPS) is 26.7. The first-order valence-electron chi connectivity index (χ1n) is 31.7. The van der Waals surface area contributed by atoms with Crippen LogP contribution in [0.15, 0.2) is 85.8 Å². The molecule has 0 bridgehead atoms. The third-order valence-electron chi connectivity index (χ3n) is 19.5. The van der Waals surface area contributed by atoms with Crippen LogP contribution < -0.4 is 16.0 Å². The van der Waals surface area contributed by atoms with Crippen molar-refractivity contribution < 1.29 is 35.2 Å². The minimum atomic E-state index is -0.180. The summed E-state index contributed by atoms with van der Waals surface area (Å²) in [7, 11) is 0. The van der Waals surface area contributed by atoms with E-state index in [-0.39, 0.29) is 58.2 Å². The van der Waals surface area contributed by atoms with Crippen LogP contribution in [0.1, 0.15) is 234 Å². The Morgan fingerprint density at radius 1 is 0.329 bits per heavy atom. The molecule has 13 nitrogen and oxygen atoms in total. The quantitative estimate of drug-likeness (QED) is 0.0859. The maximum Gasteiger partial charge on any atom is 0.207 e. The third-order valence-corrected chi connectivity index (χ3v) is 19.5. The largest absolute Gasteiger partial charge is 0.506 e. The molecule has 6 saturated carbocycles. The zero-order chi connectivity index (χ0) is 55.6. The first-order valence-corrected chi connectivity index (χ1v) is 31.7. The molecule has 0 heterocycles. The molecule has 0 amide bonds. The number of aliphatic imine (C=N–C) groups is 3. The first kappa shape index (κ1) is 63.4. The van der Waals surface area contributed by atoms with Crippen LogP contribution in [0.3, 0.4) is 0 Å². The Kier molecular flexibility index (Phi) is 25.7. The second kappa shape index (κ2) is 32.0. The minimum absolute atomic E-state index is 0. The summed E-state index contributed by atoms with van der Waals surface area (Å²) in [4.78, 5) is 51.2. The molecule has 440 valence electrons. The summed E-state index contributed by atoms with van der Waals surface area (Å²) in [5.41, 5.74) is 3.41. The SMILES string of the molecule is C[C@@H](N=C1C=C(N[C@H](C)C2CCCCC2)C(O)=CC1=O)C1CCCCC1.C[C@@H](N=C1C=C(N[C@H](C)C2CCCCC2)C(O)=CC1=O)C1CCCCC1.C[C@@H](N=C1C=C(N[C@H](C)C2CCCCC2)C(O)=CC1=O)C1CCCCC1.O. The Morgan fingerprint density at radius 3 is 0.722 bits per heavy atom. The van der Waals surface area contributed by atoms with Crippen LogP contribution in [0.25, 0.3) is 0 Å². The van der Waals surface area contributed by atoms with Crippen molar-refractivity contribution in [2.45, 2.75) is 270 Å². The zero-order valence-electron chi connectivity index (χ0n) is 49.5. The van der Waals surface area contributed by atoms with Gasteiger partial charge in [-0.05, 0) is 172 Å². The summed E-state index contributed by atoms with van der Waals surface area (Å²) in [5.74, 6) is 3.23. The summed E-state index contributed by atoms with van der Waals surface area (Å²) in [6.07, 6.45) is 47.3. The monoisotopic (exact) mass is 1090 g/mol. The first-order chi connectivity index (χ1) is 37.6. The van der Waals surface area contributed by atoms with Crippen molar-refractivity contribution in [3.8, 4) is 0 Å². The highest BCUT2D eigenvalue weighted by atomic mass is 16.3. The van der Waals surface area contributed by atoms with E-state index in [1.165, 1.54) is 211 Å². The number of hydrogen-bond donors (Lipinski definition) is 6. The van der Waals surface area contributed by atoms with Gasteiger partial charge in [-0.2, -0.15) is 0 Å². The lowest BCUT2D eigenvalue weighted by Crippen LogP contribution is -2.36. The minimum Gasteiger partial charge on any atom is -0.506 e. The molecule has 0 saturated heterocycles. The van der Waals surface area contributed by atoms with E-state index in [4.69, 9.17) is 15.0 Å². The van der Waals surface area contributed by atoms with Crippen LogP contribution in [0.2, 0.25) is 0 Å². The Bertz CT molecular complexity index is 2040. The molecule has 79 heavy (non-hydrogen) atoms. The van der Waals surface area contributed by atoms with E-state index in [0.717, 1.165) is 0 Å². The van der Waals surface area contributed by atoms with E-state index in [2.05, 4.69) is 57.5 Å². The summed E-state index contributed by atoms with van der Waals surface area (Å²) < 4.78 is 0. The van der Waals surface area contributed by atoms with E-state index in [9.17, 15) is 29.7 Å². The molecule has 0 aromatic heterocycles. The fraction of sp³-hybridized carbons (Fsp3) is 0.727. The van der Waals surface area contributed by atoms with Gasteiger partial charge in [-0.25, -0.2) is 0 Å². The lowest BCUT2D eigenvalue weighted by Gasteiger charge is -2.30. The van der Waals surface area contributed by atoms with Crippen LogP contribution in [0, 0.1) is 35.5 Å². The fourth-order valence-corrected chi connectivity index (χ4v) is 14.1. The molecule has 6 fully saturated rings. The number of aliphatic hydroxyl groups is 3. The lowest BCUT2D eigenvalue weighted by molar-refractivity contribution is -0.109. The highest BCUT2D eigenvalue weighted by Gasteiger charge is 2.30. The van der Waals surface area contributed by atoms with Crippen molar-refractivity contribution in [3.05, 3.63) is 70.8 Å². The summed E-state index contributed by atoms with van der Waals surface area (Å²) >= 11 is 0. The second-order valence-corrected chi connectivity index (χ2v) is 25.3. The molecular formula is C66H104N6O7. The number of nitrogens with zero attached hydrogens (tertiary/aromatic N) is 3. The molecule has 0 aromatic rings. The van der Waals surface area contributed by atoms with Gasteiger partial charge in [-0.1, -0.05) is 116 Å². The molecule has 0 unspecified atom stereocenters. The van der Waals surface area contributed by atoms with Crippen LogP contribution in [-0.4, -0.2) is 91.5 Å². The van der Waals surface area contributed by atoms with Crippen molar-refractivity contribution in [1.82, 2.24) is 16.0 Å². The van der Waals surface area contributed by atoms with Gasteiger partial charge in [0, 0.05) is 36.4 Å². The van der Waals surface area contributed by atoms with Crippen molar-refractivity contribution in [3.63, 3.8) is 0 Å². The molecule has 9 rings (SSSR count). The van der Waals surface area contributed by atoms with Crippen LogP contribution >= 0.6 is 0 Å². The standard InChI is InChI=1S/3C22H34N2O2.H2O/c3*1-15(17-9-5-3-6-10-17)23-19-13-20(22(26)14-21(19)25)24-16(2)18-11-7-4-8-12-18;/h3*13-18,23,25H,3-12H2,1-2H3;1H2/t3*15-,16-;/m111./s1. The highest BCUT2D eigenvalue weighted by Crippen LogP contribution is 2.34. The number of carbonyl (C=O) groups is 3. The Balaban J connectivity index is 0.000000190. The summed E-state index contributed by atoms with van der Waals surface area (Å²) in [6, 6.07) is 1.37. The number of ketones is 3. The number of aliphatic hydroxyl groups excluding tert-OH is 3. The number of rotatable bonds is 15. The highest BCUT2D eigenvalue weighted by molar-refractivity contribution is 6.50. The Labute approximate surface area is 475 Å². The van der Waals surface area contributed by atoms with E-state index in [0.29, 0.717) is 87.9 Å². The molecule has 8 N–H and O–H groups in total. The molecule has 9 aliphatic carbocycles. The van der Waals surface area contributed by atoms with Gasteiger partial charge in [-0.3, -0.25) is 29.4 Å². The van der Waals surface area contributed by atoms with Crippen LogP contribution in [0.5, 0.6) is 0 Å². The van der Waals surface area contributed by atoms with E-state index >= 15 is 0 Å². The third kappa shape index (κ3) is 19.2. The van der Waals surface area contributed by atoms with E-state index in [1.54, 1.807) is 18.2 Å². The molecular weight excluding hydrogens is 989 g/mol. The van der Waals surface area contributed by atoms with Crippen molar-refractivity contribution in [2.75, 3.05) is 0 Å². The lowest BCUT2D eigenvalue weighted by atomic mass is 9.84. The van der Waals surface area contributed by atoms with Crippen LogP contribution in [-0.2, 0) is 14.4 Å². The average molecular weight is 1090 g/mol. The molecule has 6 atom stereocenters. The number of carbonyl (C=O) groups excluding carboxylic acids is 3. The average Bonchev–Trinajstić information content (AvgIpc) is 3.46. The van der Waals surface area contributed by atoms with Gasteiger partial charge in [0.1, 0.15) is 34.4 Å². The Morgan fingerprint density at radius 2 is 0.519 bits per heavy atom. The summed E-state index contributed by atoms with van der Waals surface area (Å²) in [5, 5.41) is 41.1. The second-order valence-electron chi connectivity index (χ2n) is 25.3. The van der Waals surface area contributed by atoms with Gasteiger partial charge < -0.3 is 36.7 Å². The molecule has 0 aliphatic heterocycles. The van der Waals surface area contributed by atoms with E-state index in [1.807, 2.05) is 0 Å². The topological polar surface area (TPSA) is 217 Å². The number of allylic oxidation sites excluding steroid dienone is 6. The Hall–Kier alpha value is -4.78. The predicted molar refractivity (Wildman–Crippen MR) is 323 cm³/mol. The van der Waals surface area contributed by atoms with Gasteiger partial charge in [0.05, 0.1) is 35.2 Å². The van der Waals surface area contributed by atoms with Gasteiger partial charge in [0.15, 0.2) is 0 Å². The van der Waals surface area contributed by atoms with Gasteiger partial charge in [-0.15, -0.1) is 0 Å². The molecule has 9 aliphatic rings. The smallest absolute Gasteiger partial charge is 0.207 e. The van der Waals surface area contributed by atoms with Crippen molar-refractivity contribution in [1.29, 1.82) is 0 Å². The maximum absolute atomic E-state index is 12.3. The summed E-state index contributed by atoms with van der Waals surface area (Å²) in [6.45, 7) is 12.9. The van der Waals surface area contributed by atoms with E-state index < -0.39 is 0 Å². The van der Waals surface area contributed by atoms with Gasteiger partial charge >= 0.3 is 0 Å². The maximum atomic E-state index is 12.3. The fourth-order valence-electron chi connectivity index (χ4n) is 14.1. The molecule has 0 radical (unpaired) electrons. The zero-order valence-corrected chi connectivity index (χ0v) is 49.5. The molecule has 0 spiro atoms. The predicted octanol–water partition coefficient (Wildman–Crippen LogP) is 13.8. The van der Waals surface area contributed by atoms with Gasteiger partial charge in [0.25, 0.3) is 0 Å². The van der Waals surface area contributed by atoms with Crippen molar-refractivity contribution >= 4 is 34.5 Å². The van der Waals surface area contributed by atoms with Crippen molar-refractivity contribution in [2.24, 2.45) is 50.5 Å². The van der Waals surface area contributed by atoms with Crippen LogP contribution in [0.4, 0.5) is 0 Å². The molecule has 0 aromatic carbocycles. The molecule has 13 heteroatoms. The number of hydrogen-bond acceptors (Lipinski definition) is 12. The van der Waals surface area contributed by atoms with Gasteiger partial charge in [0.2, 0.25) is 17.3 Å².